The van der Waals surface area contributed by atoms with Crippen LogP contribution in [0.3, 0.4) is 0 Å². The Morgan fingerprint density at radius 3 is 2.79 bits per heavy atom. The van der Waals surface area contributed by atoms with Gasteiger partial charge in [0.1, 0.15) is 0 Å². The Morgan fingerprint density at radius 2 is 2.29 bits per heavy atom. The van der Waals surface area contributed by atoms with Crippen LogP contribution in [0.1, 0.15) is 26.2 Å². The molecule has 2 fully saturated rings. The van der Waals surface area contributed by atoms with Crippen LogP contribution in [0.25, 0.3) is 0 Å². The fourth-order valence-electron chi connectivity index (χ4n) is 2.16. The fourth-order valence-corrected chi connectivity index (χ4v) is 2.16. The van der Waals surface area contributed by atoms with Gasteiger partial charge >= 0.3 is 0 Å². The number of amides is 1. The van der Waals surface area contributed by atoms with Gasteiger partial charge in [-0.1, -0.05) is 0 Å². The van der Waals surface area contributed by atoms with Gasteiger partial charge in [-0.3, -0.25) is 9.59 Å². The van der Waals surface area contributed by atoms with Crippen LogP contribution >= 0.6 is 0 Å². The van der Waals surface area contributed by atoms with E-state index in [1.54, 1.807) is 4.90 Å². The van der Waals surface area contributed by atoms with Crippen molar-refractivity contribution in [1.29, 1.82) is 0 Å². The molecule has 2 heterocycles. The van der Waals surface area contributed by atoms with Crippen molar-refractivity contribution in [2.45, 2.75) is 38.3 Å². The second-order valence-corrected chi connectivity index (χ2v) is 3.96. The van der Waals surface area contributed by atoms with Crippen molar-refractivity contribution in [3.8, 4) is 0 Å². The number of hydrogen-bond donors (Lipinski definition) is 0. The van der Waals surface area contributed by atoms with Crippen molar-refractivity contribution in [3.63, 3.8) is 0 Å². The quantitative estimate of drug-likeness (QED) is 0.600. The predicted octanol–water partition coefficient (Wildman–Crippen LogP) is 0.355. The minimum absolute atomic E-state index is 0.0523. The van der Waals surface area contributed by atoms with Crippen LogP contribution in [0.15, 0.2) is 0 Å². The second kappa shape index (κ2) is 3.69. The maximum atomic E-state index is 11.4. The molecule has 2 rings (SSSR count). The molecule has 2 unspecified atom stereocenters. The van der Waals surface area contributed by atoms with E-state index in [2.05, 4.69) is 0 Å². The number of likely N-dealkylation sites (tertiary alicyclic amines) is 1. The van der Waals surface area contributed by atoms with E-state index in [1.807, 2.05) is 6.92 Å². The standard InChI is InChI=1S/C10H15NO3/c1-7(9-3-2-6-14-9)11-5-4-8(12)10(11)13/h7,9H,2-6H2,1H3. The number of ketones is 1. The summed E-state index contributed by atoms with van der Waals surface area (Å²) >= 11 is 0. The third kappa shape index (κ3) is 1.54. The van der Waals surface area contributed by atoms with Crippen molar-refractivity contribution in [2.75, 3.05) is 13.2 Å². The third-order valence-electron chi connectivity index (χ3n) is 3.07. The predicted molar refractivity (Wildman–Crippen MR) is 49.8 cm³/mol. The molecule has 0 aromatic carbocycles. The third-order valence-corrected chi connectivity index (χ3v) is 3.07. The lowest BCUT2D eigenvalue weighted by atomic mass is 10.1. The summed E-state index contributed by atoms with van der Waals surface area (Å²) in [6.07, 6.45) is 2.56. The Hall–Kier alpha value is -0.900. The first kappa shape index (κ1) is 9.65. The SMILES string of the molecule is CC(C1CCCO1)N1CCC(=O)C1=O. The topological polar surface area (TPSA) is 46.6 Å². The van der Waals surface area contributed by atoms with Crippen LogP contribution in [0.2, 0.25) is 0 Å². The zero-order valence-corrected chi connectivity index (χ0v) is 8.36. The first-order chi connectivity index (χ1) is 6.70. The Morgan fingerprint density at radius 1 is 1.50 bits per heavy atom. The first-order valence-corrected chi connectivity index (χ1v) is 5.15. The summed E-state index contributed by atoms with van der Waals surface area (Å²) in [5.74, 6) is -0.581. The molecule has 0 aliphatic carbocycles. The number of carbonyl (C=O) groups is 2. The highest BCUT2D eigenvalue weighted by atomic mass is 16.5. The summed E-state index contributed by atoms with van der Waals surface area (Å²) in [5.41, 5.74) is 0. The summed E-state index contributed by atoms with van der Waals surface area (Å²) in [5, 5.41) is 0. The van der Waals surface area contributed by atoms with Crippen LogP contribution in [-0.2, 0) is 14.3 Å². The van der Waals surface area contributed by atoms with Gasteiger partial charge < -0.3 is 9.64 Å². The molecule has 0 radical (unpaired) electrons. The van der Waals surface area contributed by atoms with Gasteiger partial charge in [0.05, 0.1) is 12.1 Å². The molecular formula is C10H15NO3. The van der Waals surface area contributed by atoms with Crippen LogP contribution in [-0.4, -0.2) is 41.9 Å². The molecule has 14 heavy (non-hydrogen) atoms. The van der Waals surface area contributed by atoms with Crippen molar-refractivity contribution < 1.29 is 14.3 Å². The average Bonchev–Trinajstić information content (AvgIpc) is 2.77. The molecule has 2 aliphatic rings. The molecule has 1 amide bonds. The number of hydrogen-bond acceptors (Lipinski definition) is 3. The van der Waals surface area contributed by atoms with Crippen LogP contribution < -0.4 is 0 Å². The van der Waals surface area contributed by atoms with E-state index in [-0.39, 0.29) is 23.8 Å². The summed E-state index contributed by atoms with van der Waals surface area (Å²) in [7, 11) is 0. The molecule has 0 spiro atoms. The van der Waals surface area contributed by atoms with Crippen LogP contribution in [0, 0.1) is 0 Å². The normalized spacial score (nSPS) is 30.1. The van der Waals surface area contributed by atoms with Crippen molar-refractivity contribution in [3.05, 3.63) is 0 Å². The van der Waals surface area contributed by atoms with Gasteiger partial charge in [-0.2, -0.15) is 0 Å². The lowest BCUT2D eigenvalue weighted by molar-refractivity contribution is -0.142. The summed E-state index contributed by atoms with van der Waals surface area (Å²) < 4.78 is 5.51. The minimum atomic E-state index is -0.326. The molecular weight excluding hydrogens is 182 g/mol. The number of Topliss-reactive ketones (excluding diaryl/α,β-unsaturated/α-hetero) is 1. The van der Waals surface area contributed by atoms with Crippen LogP contribution in [0.5, 0.6) is 0 Å². The van der Waals surface area contributed by atoms with Crippen molar-refractivity contribution in [2.24, 2.45) is 0 Å². The van der Waals surface area contributed by atoms with E-state index >= 15 is 0 Å². The van der Waals surface area contributed by atoms with Crippen LogP contribution in [0.4, 0.5) is 0 Å². The molecule has 2 aliphatic heterocycles. The lowest BCUT2D eigenvalue weighted by Crippen LogP contribution is -2.43. The summed E-state index contributed by atoms with van der Waals surface area (Å²) in [6, 6.07) is 0.0523. The molecule has 4 heteroatoms. The molecule has 4 nitrogen and oxygen atoms in total. The molecule has 0 saturated carbocycles. The van der Waals surface area contributed by atoms with Gasteiger partial charge in [0.15, 0.2) is 0 Å². The van der Waals surface area contributed by atoms with E-state index in [1.165, 1.54) is 0 Å². The molecule has 0 bridgehead atoms. The maximum Gasteiger partial charge on any atom is 0.290 e. The fraction of sp³-hybridized carbons (Fsp3) is 0.800. The summed E-state index contributed by atoms with van der Waals surface area (Å²) in [4.78, 5) is 24.1. The monoisotopic (exact) mass is 197 g/mol. The number of ether oxygens (including phenoxy) is 1. The van der Waals surface area contributed by atoms with E-state index in [0.29, 0.717) is 13.0 Å². The van der Waals surface area contributed by atoms with Gasteiger partial charge in [0.2, 0.25) is 5.78 Å². The van der Waals surface area contributed by atoms with Crippen molar-refractivity contribution >= 4 is 11.7 Å². The van der Waals surface area contributed by atoms with Crippen molar-refractivity contribution in [1.82, 2.24) is 4.90 Å². The molecule has 2 atom stereocenters. The minimum Gasteiger partial charge on any atom is -0.376 e. The number of carbonyl (C=O) groups excluding carboxylic acids is 2. The van der Waals surface area contributed by atoms with E-state index in [4.69, 9.17) is 4.74 Å². The average molecular weight is 197 g/mol. The Labute approximate surface area is 83.2 Å². The second-order valence-electron chi connectivity index (χ2n) is 3.96. The Bertz CT molecular complexity index is 258. The van der Waals surface area contributed by atoms with Gasteiger partial charge in [0.25, 0.3) is 5.91 Å². The van der Waals surface area contributed by atoms with E-state index < -0.39 is 0 Å². The zero-order valence-electron chi connectivity index (χ0n) is 8.36. The smallest absolute Gasteiger partial charge is 0.290 e. The highest BCUT2D eigenvalue weighted by Gasteiger charge is 2.36. The molecule has 78 valence electrons. The highest BCUT2D eigenvalue weighted by molar-refractivity contribution is 6.37. The van der Waals surface area contributed by atoms with E-state index in [9.17, 15) is 9.59 Å². The molecule has 0 N–H and O–H groups in total. The molecule has 0 aromatic heterocycles. The number of rotatable bonds is 2. The van der Waals surface area contributed by atoms with Gasteiger partial charge in [0, 0.05) is 19.6 Å². The Balaban J connectivity index is 2.00. The summed E-state index contributed by atoms with van der Waals surface area (Å²) in [6.45, 7) is 3.32. The van der Waals surface area contributed by atoms with E-state index in [0.717, 1.165) is 19.4 Å². The van der Waals surface area contributed by atoms with Gasteiger partial charge in [-0.05, 0) is 19.8 Å². The number of nitrogens with zero attached hydrogens (tertiary/aromatic N) is 1. The molecule has 0 aromatic rings. The van der Waals surface area contributed by atoms with Gasteiger partial charge in [-0.25, -0.2) is 0 Å². The Kier molecular flexibility index (Phi) is 2.54. The molecule has 2 saturated heterocycles. The van der Waals surface area contributed by atoms with Gasteiger partial charge in [-0.15, -0.1) is 0 Å². The lowest BCUT2D eigenvalue weighted by Gasteiger charge is -2.27. The maximum absolute atomic E-state index is 11.4. The zero-order chi connectivity index (χ0) is 10.1. The largest absolute Gasteiger partial charge is 0.376 e. The first-order valence-electron chi connectivity index (χ1n) is 5.15. The highest BCUT2D eigenvalue weighted by Crippen LogP contribution is 2.22.